The van der Waals surface area contributed by atoms with E-state index in [4.69, 9.17) is 27.9 Å². The highest BCUT2D eigenvalue weighted by atomic mass is 35.5. The van der Waals surface area contributed by atoms with Crippen molar-refractivity contribution >= 4 is 23.2 Å². The maximum absolute atomic E-state index is 14.5. The monoisotopic (exact) mass is 375 g/mol. The fourth-order valence-electron chi connectivity index (χ4n) is 2.69. The summed E-state index contributed by atoms with van der Waals surface area (Å²) in [6.45, 7) is 6.52. The van der Waals surface area contributed by atoms with Gasteiger partial charge in [0.25, 0.3) is 0 Å². The Morgan fingerprint density at radius 3 is 2.67 bits per heavy atom. The van der Waals surface area contributed by atoms with Crippen LogP contribution in [0.5, 0.6) is 0 Å². The van der Waals surface area contributed by atoms with Gasteiger partial charge < -0.3 is 4.74 Å². The maximum atomic E-state index is 14.5. The minimum absolute atomic E-state index is 0.000968. The van der Waals surface area contributed by atoms with Crippen LogP contribution < -0.4 is 0 Å². The molecule has 132 valence electrons. The van der Waals surface area contributed by atoms with Crippen LogP contribution in [0.2, 0.25) is 10.0 Å². The summed E-state index contributed by atoms with van der Waals surface area (Å²) in [5.74, 6) is -0.512. The van der Waals surface area contributed by atoms with E-state index in [9.17, 15) is 8.78 Å². The van der Waals surface area contributed by atoms with Crippen molar-refractivity contribution < 1.29 is 13.5 Å². The van der Waals surface area contributed by atoms with E-state index in [1.807, 2.05) is 17.9 Å². The van der Waals surface area contributed by atoms with Gasteiger partial charge in [0.1, 0.15) is 5.83 Å². The van der Waals surface area contributed by atoms with Crippen LogP contribution in [0.25, 0.3) is 0 Å². The zero-order chi connectivity index (χ0) is 17.7. The van der Waals surface area contributed by atoms with Gasteiger partial charge in [-0.15, -0.1) is 0 Å². The van der Waals surface area contributed by atoms with E-state index < -0.39 is 11.5 Å². The lowest BCUT2D eigenvalue weighted by Crippen LogP contribution is -2.60. The summed E-state index contributed by atoms with van der Waals surface area (Å²) in [5.41, 5.74) is 0.394. The SMILES string of the molecule is C=C(F)/C=C(\CC)COCC1(F)CN(Cc2ccc(Cl)c(Cl)c2)C1. The molecule has 0 spiro atoms. The van der Waals surface area contributed by atoms with Crippen LogP contribution in [-0.2, 0) is 11.3 Å². The van der Waals surface area contributed by atoms with Crippen LogP contribution in [0.4, 0.5) is 8.78 Å². The van der Waals surface area contributed by atoms with Crippen LogP contribution in [0.1, 0.15) is 18.9 Å². The minimum Gasteiger partial charge on any atom is -0.374 e. The Kier molecular flexibility index (Phi) is 6.81. The molecule has 2 rings (SSSR count). The summed E-state index contributed by atoms with van der Waals surface area (Å²) in [7, 11) is 0. The molecule has 0 atom stereocenters. The Morgan fingerprint density at radius 1 is 1.38 bits per heavy atom. The van der Waals surface area contributed by atoms with Crippen molar-refractivity contribution in [2.45, 2.75) is 25.6 Å². The summed E-state index contributed by atoms with van der Waals surface area (Å²) in [6, 6.07) is 5.41. The van der Waals surface area contributed by atoms with Crippen molar-refractivity contribution in [2.24, 2.45) is 0 Å². The van der Waals surface area contributed by atoms with Gasteiger partial charge in [-0.25, -0.2) is 8.78 Å². The van der Waals surface area contributed by atoms with E-state index in [0.717, 1.165) is 11.1 Å². The number of benzene rings is 1. The zero-order valence-electron chi connectivity index (χ0n) is 13.6. The molecule has 6 heteroatoms. The van der Waals surface area contributed by atoms with Gasteiger partial charge in [0.2, 0.25) is 0 Å². The Morgan fingerprint density at radius 2 is 2.08 bits per heavy atom. The van der Waals surface area contributed by atoms with Crippen LogP contribution >= 0.6 is 23.2 Å². The Balaban J connectivity index is 1.75. The second-order valence-electron chi connectivity index (χ2n) is 6.14. The molecule has 2 nitrogen and oxygen atoms in total. The maximum Gasteiger partial charge on any atom is 0.159 e. The summed E-state index contributed by atoms with van der Waals surface area (Å²) >= 11 is 11.9. The molecule has 1 saturated heterocycles. The molecule has 1 aromatic carbocycles. The van der Waals surface area contributed by atoms with E-state index in [2.05, 4.69) is 6.58 Å². The number of rotatable bonds is 8. The van der Waals surface area contributed by atoms with Crippen LogP contribution in [0.3, 0.4) is 0 Å². The van der Waals surface area contributed by atoms with E-state index in [-0.39, 0.29) is 13.2 Å². The van der Waals surface area contributed by atoms with Gasteiger partial charge >= 0.3 is 0 Å². The van der Waals surface area contributed by atoms with Gasteiger partial charge in [-0.1, -0.05) is 42.8 Å². The third-order valence-electron chi connectivity index (χ3n) is 3.87. The van der Waals surface area contributed by atoms with E-state index in [1.54, 1.807) is 12.1 Å². The third kappa shape index (κ3) is 5.55. The molecule has 0 saturated carbocycles. The van der Waals surface area contributed by atoms with Crippen LogP contribution in [-0.4, -0.2) is 36.9 Å². The number of likely N-dealkylation sites (tertiary alicyclic amines) is 1. The first-order valence-electron chi connectivity index (χ1n) is 7.78. The summed E-state index contributed by atoms with van der Waals surface area (Å²) in [5, 5.41) is 1.01. The molecule has 0 bridgehead atoms. The molecule has 1 aromatic rings. The number of allylic oxidation sites excluding steroid dienone is 2. The number of hydrogen-bond acceptors (Lipinski definition) is 2. The molecule has 0 radical (unpaired) electrons. The van der Waals surface area contributed by atoms with E-state index >= 15 is 0 Å². The minimum atomic E-state index is -1.36. The fraction of sp³-hybridized carbons (Fsp3) is 0.444. The van der Waals surface area contributed by atoms with E-state index in [0.29, 0.717) is 36.1 Å². The average molecular weight is 376 g/mol. The Bertz CT molecular complexity index is 627. The molecule has 0 amide bonds. The molecule has 0 aliphatic carbocycles. The molecule has 24 heavy (non-hydrogen) atoms. The van der Waals surface area contributed by atoms with Crippen molar-refractivity contribution in [3.8, 4) is 0 Å². The normalized spacial score (nSPS) is 17.6. The van der Waals surface area contributed by atoms with E-state index in [1.165, 1.54) is 6.08 Å². The third-order valence-corrected chi connectivity index (χ3v) is 4.61. The standard InChI is InChI=1S/C18H21Cl2F2NO/c1-3-14(6-13(2)21)9-24-12-18(22)10-23(11-18)8-15-4-5-16(19)17(20)7-15/h4-7H,2-3,8-12H2,1H3/b14-6+. The Labute approximate surface area is 151 Å². The van der Waals surface area contributed by atoms with Crippen molar-refractivity contribution in [2.75, 3.05) is 26.3 Å². The predicted molar refractivity (Wildman–Crippen MR) is 95.0 cm³/mol. The lowest BCUT2D eigenvalue weighted by Gasteiger charge is -2.44. The van der Waals surface area contributed by atoms with Crippen molar-refractivity contribution in [3.63, 3.8) is 0 Å². The average Bonchev–Trinajstić information content (AvgIpc) is 2.48. The number of alkyl halides is 1. The van der Waals surface area contributed by atoms with Gasteiger partial charge in [-0.05, 0) is 35.8 Å². The van der Waals surface area contributed by atoms with Gasteiger partial charge in [0.15, 0.2) is 5.67 Å². The number of ether oxygens (including phenoxy) is 1. The smallest absolute Gasteiger partial charge is 0.159 e. The first-order valence-corrected chi connectivity index (χ1v) is 8.54. The fourth-order valence-corrected chi connectivity index (χ4v) is 3.01. The molecule has 1 fully saturated rings. The lowest BCUT2D eigenvalue weighted by molar-refractivity contribution is -0.0870. The van der Waals surface area contributed by atoms with Crippen molar-refractivity contribution in [1.29, 1.82) is 0 Å². The molecule has 0 aromatic heterocycles. The van der Waals surface area contributed by atoms with Gasteiger partial charge in [-0.2, -0.15) is 0 Å². The molecular weight excluding hydrogens is 355 g/mol. The highest BCUT2D eigenvalue weighted by molar-refractivity contribution is 6.42. The second-order valence-corrected chi connectivity index (χ2v) is 6.95. The largest absolute Gasteiger partial charge is 0.374 e. The number of nitrogens with zero attached hydrogens (tertiary/aromatic N) is 1. The molecule has 1 aliphatic heterocycles. The number of halogens is 4. The summed E-state index contributed by atoms with van der Waals surface area (Å²) in [6.07, 6.45) is 1.98. The molecule has 1 aliphatic rings. The van der Waals surface area contributed by atoms with Crippen molar-refractivity contribution in [1.82, 2.24) is 4.90 Å². The highest BCUT2D eigenvalue weighted by Crippen LogP contribution is 2.29. The lowest BCUT2D eigenvalue weighted by atomic mass is 9.96. The van der Waals surface area contributed by atoms with Crippen LogP contribution in [0, 0.1) is 0 Å². The summed E-state index contributed by atoms with van der Waals surface area (Å²) in [4.78, 5) is 1.98. The first-order chi connectivity index (χ1) is 11.3. The molecule has 0 unspecified atom stereocenters. The second kappa shape index (κ2) is 8.43. The quantitative estimate of drug-likeness (QED) is 0.567. The molecule has 0 N–H and O–H groups in total. The highest BCUT2D eigenvalue weighted by Gasteiger charge is 2.43. The molecule has 1 heterocycles. The Hall–Kier alpha value is -0.940. The molecular formula is C18H21Cl2F2NO. The van der Waals surface area contributed by atoms with Gasteiger partial charge in [-0.3, -0.25) is 4.90 Å². The van der Waals surface area contributed by atoms with Gasteiger partial charge in [0.05, 0.1) is 23.3 Å². The van der Waals surface area contributed by atoms with Crippen molar-refractivity contribution in [3.05, 3.63) is 57.9 Å². The van der Waals surface area contributed by atoms with Crippen LogP contribution in [0.15, 0.2) is 42.3 Å². The van der Waals surface area contributed by atoms with Gasteiger partial charge in [0, 0.05) is 19.6 Å². The first kappa shape index (κ1) is 19.4. The zero-order valence-corrected chi connectivity index (χ0v) is 15.1. The topological polar surface area (TPSA) is 12.5 Å². The summed E-state index contributed by atoms with van der Waals surface area (Å²) < 4.78 is 32.7. The predicted octanol–water partition coefficient (Wildman–Crippen LogP) is 5.35. The number of hydrogen-bond donors (Lipinski definition) is 0.